The van der Waals surface area contributed by atoms with E-state index in [-0.39, 0.29) is 6.23 Å². The molecule has 0 aromatic rings. The smallest absolute Gasteiger partial charge is 0.302 e. The van der Waals surface area contributed by atoms with Crippen molar-refractivity contribution >= 4 is 7.82 Å². The fourth-order valence-electron chi connectivity index (χ4n) is 4.71. The van der Waals surface area contributed by atoms with Gasteiger partial charge < -0.3 is 4.89 Å². The van der Waals surface area contributed by atoms with Gasteiger partial charge in [0.1, 0.15) is 6.23 Å². The minimum atomic E-state index is -4.06. The van der Waals surface area contributed by atoms with E-state index in [1.807, 2.05) is 0 Å². The van der Waals surface area contributed by atoms with Crippen LogP contribution in [0.5, 0.6) is 0 Å². The first kappa shape index (κ1) is 36.1. The Hall–Kier alpha value is 0.0700. The molecule has 0 heterocycles. The van der Waals surface area contributed by atoms with Gasteiger partial charge in [0.25, 0.3) is 0 Å². The molecule has 0 aromatic carbocycles. The van der Waals surface area contributed by atoms with Gasteiger partial charge in [-0.3, -0.25) is 13.9 Å². The van der Waals surface area contributed by atoms with Crippen molar-refractivity contribution in [3.05, 3.63) is 0 Å². The van der Waals surface area contributed by atoms with Crippen molar-refractivity contribution in [2.75, 3.05) is 19.7 Å². The highest BCUT2D eigenvalue weighted by atomic mass is 31.2. The van der Waals surface area contributed by atoms with E-state index in [1.54, 1.807) is 0 Å². The van der Waals surface area contributed by atoms with Gasteiger partial charge in [0, 0.05) is 13.1 Å². The fraction of sp³-hybridized carbons (Fsp3) is 1.00. The van der Waals surface area contributed by atoms with Gasteiger partial charge >= 0.3 is 7.82 Å². The molecule has 0 saturated heterocycles. The Bertz CT molecular complexity index is 476. The first-order valence-corrected chi connectivity index (χ1v) is 17.4. The Morgan fingerprint density at radius 2 is 0.972 bits per heavy atom. The van der Waals surface area contributed by atoms with E-state index in [0.29, 0.717) is 6.61 Å². The van der Waals surface area contributed by atoms with Crippen molar-refractivity contribution in [3.63, 3.8) is 0 Å². The maximum absolute atomic E-state index is 12.9. The van der Waals surface area contributed by atoms with Gasteiger partial charge in [-0.15, -0.1) is 0 Å². The molecule has 2 atom stereocenters. The number of phosphoric acid groups is 1. The maximum Gasteiger partial charge on any atom is 0.473 e. The van der Waals surface area contributed by atoms with E-state index in [4.69, 9.17) is 9.05 Å². The fourth-order valence-corrected chi connectivity index (χ4v) is 5.67. The molecular weight excluding hydrogens is 469 g/mol. The number of hydrogen-bond donors (Lipinski definition) is 1. The molecular formula is C30H64NO4P. The lowest BCUT2D eigenvalue weighted by molar-refractivity contribution is -0.0135. The second-order valence-corrected chi connectivity index (χ2v) is 12.1. The number of unbranched alkanes of at least 4 members (excludes halogenated alkanes) is 17. The Morgan fingerprint density at radius 3 is 1.44 bits per heavy atom. The summed E-state index contributed by atoms with van der Waals surface area (Å²) >= 11 is 0. The Labute approximate surface area is 226 Å². The highest BCUT2D eigenvalue weighted by Gasteiger charge is 2.30. The summed E-state index contributed by atoms with van der Waals surface area (Å²) in [4.78, 5) is 12.9. The van der Waals surface area contributed by atoms with Crippen molar-refractivity contribution < 1.29 is 18.5 Å². The molecule has 0 aliphatic carbocycles. The summed E-state index contributed by atoms with van der Waals surface area (Å²) < 4.78 is 24.2. The van der Waals surface area contributed by atoms with Crippen molar-refractivity contribution in [2.45, 2.75) is 175 Å². The molecule has 0 amide bonds. The van der Waals surface area contributed by atoms with Crippen LogP contribution in [0.1, 0.15) is 169 Å². The van der Waals surface area contributed by atoms with Crippen LogP contribution in [0.4, 0.5) is 0 Å². The molecule has 218 valence electrons. The normalized spacial score (nSPS) is 14.4. The molecule has 0 bridgehead atoms. The third kappa shape index (κ3) is 23.2. The maximum atomic E-state index is 12.9. The molecule has 0 aliphatic rings. The van der Waals surface area contributed by atoms with Gasteiger partial charge in [0.05, 0.1) is 6.61 Å². The number of phosphoric ester groups is 1. The average Bonchev–Trinajstić information content (AvgIpc) is 2.86. The van der Waals surface area contributed by atoms with E-state index in [1.165, 1.54) is 89.9 Å². The van der Waals surface area contributed by atoms with E-state index in [2.05, 4.69) is 32.6 Å². The van der Waals surface area contributed by atoms with Crippen LogP contribution in [0.15, 0.2) is 0 Å². The van der Waals surface area contributed by atoms with Crippen LogP contribution in [0.3, 0.4) is 0 Å². The summed E-state index contributed by atoms with van der Waals surface area (Å²) in [6.45, 7) is 11.1. The SMILES string of the molecule is CCCCCCCCN(CCCCCCCC)C(CCCCCC)OP(=O)(O)OCCCCCCC. The number of nitrogens with zero attached hydrogens (tertiary/aromatic N) is 1. The topological polar surface area (TPSA) is 59.0 Å². The summed E-state index contributed by atoms with van der Waals surface area (Å²) in [5.74, 6) is 0. The second-order valence-electron chi connectivity index (χ2n) is 10.7. The summed E-state index contributed by atoms with van der Waals surface area (Å²) in [6, 6.07) is 0. The zero-order valence-corrected chi connectivity index (χ0v) is 25.7. The molecule has 0 spiro atoms. The van der Waals surface area contributed by atoms with Crippen molar-refractivity contribution in [2.24, 2.45) is 0 Å². The van der Waals surface area contributed by atoms with Gasteiger partial charge in [-0.2, -0.15) is 0 Å². The monoisotopic (exact) mass is 533 g/mol. The van der Waals surface area contributed by atoms with Crippen LogP contribution >= 0.6 is 7.82 Å². The minimum Gasteiger partial charge on any atom is -0.302 e. The highest BCUT2D eigenvalue weighted by Crippen LogP contribution is 2.46. The van der Waals surface area contributed by atoms with Crippen LogP contribution in [0.25, 0.3) is 0 Å². The van der Waals surface area contributed by atoms with Crippen LogP contribution < -0.4 is 0 Å². The molecule has 6 heteroatoms. The van der Waals surface area contributed by atoms with Crippen molar-refractivity contribution in [1.29, 1.82) is 0 Å². The zero-order chi connectivity index (χ0) is 26.7. The van der Waals surface area contributed by atoms with E-state index in [9.17, 15) is 9.46 Å². The largest absolute Gasteiger partial charge is 0.473 e. The predicted molar refractivity (Wildman–Crippen MR) is 156 cm³/mol. The quantitative estimate of drug-likeness (QED) is 0.0588. The summed E-state index contributed by atoms with van der Waals surface area (Å²) in [5, 5.41) is 0. The molecule has 0 rings (SSSR count). The zero-order valence-electron chi connectivity index (χ0n) is 24.8. The third-order valence-electron chi connectivity index (χ3n) is 7.07. The highest BCUT2D eigenvalue weighted by molar-refractivity contribution is 7.47. The number of rotatable bonds is 29. The summed E-state index contributed by atoms with van der Waals surface area (Å²) in [5.41, 5.74) is 0. The van der Waals surface area contributed by atoms with E-state index in [0.717, 1.165) is 64.5 Å². The molecule has 1 N–H and O–H groups in total. The van der Waals surface area contributed by atoms with Crippen molar-refractivity contribution in [1.82, 2.24) is 4.90 Å². The van der Waals surface area contributed by atoms with Gasteiger partial charge in [-0.05, 0) is 32.1 Å². The molecule has 2 unspecified atom stereocenters. The van der Waals surface area contributed by atoms with E-state index >= 15 is 0 Å². The van der Waals surface area contributed by atoms with E-state index < -0.39 is 7.82 Å². The van der Waals surface area contributed by atoms with Crippen molar-refractivity contribution in [3.8, 4) is 0 Å². The molecule has 0 aromatic heterocycles. The lowest BCUT2D eigenvalue weighted by Gasteiger charge is -2.32. The summed E-state index contributed by atoms with van der Waals surface area (Å²) in [6.07, 6.45) is 25.5. The van der Waals surface area contributed by atoms with Gasteiger partial charge in [0.2, 0.25) is 0 Å². The summed E-state index contributed by atoms with van der Waals surface area (Å²) in [7, 11) is -4.06. The molecule has 0 radical (unpaired) electrons. The average molecular weight is 534 g/mol. The van der Waals surface area contributed by atoms with Crippen LogP contribution in [-0.2, 0) is 13.6 Å². The third-order valence-corrected chi connectivity index (χ3v) is 8.09. The molecule has 36 heavy (non-hydrogen) atoms. The Kier molecular flexibility index (Phi) is 26.7. The lowest BCUT2D eigenvalue weighted by Crippen LogP contribution is -2.38. The first-order valence-electron chi connectivity index (χ1n) is 15.9. The molecule has 0 saturated carbocycles. The van der Waals surface area contributed by atoms with Gasteiger partial charge in [0.15, 0.2) is 0 Å². The van der Waals surface area contributed by atoms with Gasteiger partial charge in [-0.25, -0.2) is 4.57 Å². The standard InChI is InChI=1S/C30H64NO4P/c1-5-9-13-17-19-23-27-31(28-24-20-18-14-10-6-2)30(26-22-16-12-8-4)35-36(32,33)34-29-25-21-15-11-7-3/h30H,5-29H2,1-4H3,(H,32,33). The molecule has 5 nitrogen and oxygen atoms in total. The molecule has 0 fully saturated rings. The second kappa shape index (κ2) is 26.7. The van der Waals surface area contributed by atoms with Gasteiger partial charge in [-0.1, -0.05) is 137 Å². The Balaban J connectivity index is 4.98. The predicted octanol–water partition coefficient (Wildman–Crippen LogP) is 10.4. The Morgan fingerprint density at radius 1 is 0.583 bits per heavy atom. The van der Waals surface area contributed by atoms with Crippen LogP contribution in [0.2, 0.25) is 0 Å². The molecule has 0 aliphatic heterocycles. The lowest BCUT2D eigenvalue weighted by atomic mass is 10.1. The van der Waals surface area contributed by atoms with Crippen LogP contribution in [0, 0.1) is 0 Å². The number of hydrogen-bond acceptors (Lipinski definition) is 4. The minimum absolute atomic E-state index is 0.300. The first-order chi connectivity index (χ1) is 17.5. The van der Waals surface area contributed by atoms with Crippen LogP contribution in [-0.4, -0.2) is 35.7 Å².